The molecule has 37 heavy (non-hydrogen) atoms. The fourth-order valence-electron chi connectivity index (χ4n) is 3.42. The van der Waals surface area contributed by atoms with E-state index in [0.717, 1.165) is 4.68 Å². The second kappa shape index (κ2) is 11.8. The highest BCUT2D eigenvalue weighted by atomic mass is 19.1. The van der Waals surface area contributed by atoms with E-state index in [1.54, 1.807) is 62.8 Å². The third-order valence-electron chi connectivity index (χ3n) is 5.29. The molecule has 0 fully saturated rings. The van der Waals surface area contributed by atoms with Gasteiger partial charge in [0.2, 0.25) is 0 Å². The third kappa shape index (κ3) is 6.30. The summed E-state index contributed by atoms with van der Waals surface area (Å²) in [7, 11) is 3.11. The van der Waals surface area contributed by atoms with E-state index in [-0.39, 0.29) is 17.3 Å². The van der Waals surface area contributed by atoms with Gasteiger partial charge in [0.1, 0.15) is 17.3 Å². The van der Waals surface area contributed by atoms with Gasteiger partial charge in [0.05, 0.1) is 25.6 Å². The van der Waals surface area contributed by atoms with E-state index < -0.39 is 11.4 Å². The Morgan fingerprint density at radius 1 is 1.00 bits per heavy atom. The van der Waals surface area contributed by atoms with Gasteiger partial charge in [-0.1, -0.05) is 6.07 Å². The van der Waals surface area contributed by atoms with Gasteiger partial charge in [-0.2, -0.15) is 9.78 Å². The van der Waals surface area contributed by atoms with Crippen LogP contribution in [0, 0.1) is 5.82 Å². The Morgan fingerprint density at radius 3 is 2.43 bits per heavy atom. The van der Waals surface area contributed by atoms with Crippen LogP contribution in [0.25, 0.3) is 5.69 Å². The molecule has 0 bridgehead atoms. The monoisotopic (exact) mass is 504 g/mol. The van der Waals surface area contributed by atoms with Gasteiger partial charge in [-0.25, -0.2) is 4.39 Å². The quantitative estimate of drug-likeness (QED) is 0.311. The summed E-state index contributed by atoms with van der Waals surface area (Å²) in [5, 5.41) is 10.0. The van der Waals surface area contributed by atoms with Crippen molar-refractivity contribution in [3.05, 3.63) is 101 Å². The number of aromatic nitrogens is 2. The number of methoxy groups -OCH3 is 2. The molecule has 0 saturated carbocycles. The average Bonchev–Trinajstić information content (AvgIpc) is 2.92. The first-order valence-electron chi connectivity index (χ1n) is 11.3. The van der Waals surface area contributed by atoms with E-state index in [1.165, 1.54) is 30.5 Å². The largest absolute Gasteiger partial charge is 0.497 e. The molecule has 0 saturated heterocycles. The normalized spacial score (nSPS) is 10.6. The molecule has 10 heteroatoms. The summed E-state index contributed by atoms with van der Waals surface area (Å²) in [6.07, 6.45) is 1.39. The Morgan fingerprint density at radius 2 is 1.73 bits per heavy atom. The van der Waals surface area contributed by atoms with Crippen LogP contribution in [0.3, 0.4) is 0 Å². The Kier molecular flexibility index (Phi) is 8.11. The molecule has 1 heterocycles. The van der Waals surface area contributed by atoms with Crippen molar-refractivity contribution in [3.63, 3.8) is 0 Å². The van der Waals surface area contributed by atoms with Crippen LogP contribution in [0.1, 0.15) is 10.4 Å². The maximum atomic E-state index is 13.5. The van der Waals surface area contributed by atoms with Gasteiger partial charge < -0.3 is 24.8 Å². The molecule has 0 aliphatic heterocycles. The highest BCUT2D eigenvalue weighted by molar-refractivity contribution is 5.95. The number of carbonyl (C=O) groups is 1. The first kappa shape index (κ1) is 25.4. The fourth-order valence-corrected chi connectivity index (χ4v) is 3.42. The summed E-state index contributed by atoms with van der Waals surface area (Å²) in [6, 6.07) is 18.9. The van der Waals surface area contributed by atoms with Crippen molar-refractivity contribution in [2.24, 2.45) is 0 Å². The van der Waals surface area contributed by atoms with Crippen molar-refractivity contribution in [1.29, 1.82) is 0 Å². The standard InChI is InChI=1S/C27H25FN4O5/c1-35-15-14-29-26(33)18-4-3-5-20(16-18)31-25-24(37-23-12-10-22(36-2)11-13-23)17-30-32(27(25)34)21-8-6-19(28)7-9-21/h3-13,16-17,31H,14-15H2,1-2H3,(H,29,33). The molecule has 0 radical (unpaired) electrons. The predicted octanol–water partition coefficient (Wildman–Crippen LogP) is 4.29. The van der Waals surface area contributed by atoms with Crippen molar-refractivity contribution in [2.45, 2.75) is 0 Å². The van der Waals surface area contributed by atoms with Crippen LogP contribution < -0.4 is 25.7 Å². The molecule has 0 aliphatic carbocycles. The minimum atomic E-state index is -0.535. The van der Waals surface area contributed by atoms with E-state index in [4.69, 9.17) is 14.2 Å². The Balaban J connectivity index is 1.70. The zero-order valence-electron chi connectivity index (χ0n) is 20.2. The van der Waals surface area contributed by atoms with Crippen molar-refractivity contribution in [1.82, 2.24) is 15.1 Å². The summed E-state index contributed by atoms with van der Waals surface area (Å²) in [4.78, 5) is 26.0. The maximum absolute atomic E-state index is 13.5. The summed E-state index contributed by atoms with van der Waals surface area (Å²) < 4.78 is 30.7. The van der Waals surface area contributed by atoms with E-state index in [0.29, 0.717) is 41.6 Å². The Labute approximate surface area is 212 Å². The van der Waals surface area contributed by atoms with Crippen molar-refractivity contribution in [3.8, 4) is 22.9 Å². The van der Waals surface area contributed by atoms with Crippen molar-refractivity contribution < 1.29 is 23.4 Å². The van der Waals surface area contributed by atoms with Crippen LogP contribution in [-0.2, 0) is 4.74 Å². The lowest BCUT2D eigenvalue weighted by molar-refractivity contribution is 0.0937. The first-order valence-corrected chi connectivity index (χ1v) is 11.3. The molecular weight excluding hydrogens is 479 g/mol. The smallest absolute Gasteiger partial charge is 0.299 e. The Hall–Kier alpha value is -4.70. The molecule has 0 aliphatic rings. The fraction of sp³-hybridized carbons (Fsp3) is 0.148. The average molecular weight is 505 g/mol. The topological polar surface area (TPSA) is 104 Å². The zero-order chi connectivity index (χ0) is 26.2. The molecule has 2 N–H and O–H groups in total. The van der Waals surface area contributed by atoms with Gasteiger partial charge >= 0.3 is 0 Å². The van der Waals surface area contributed by atoms with Crippen LogP contribution in [0.5, 0.6) is 17.2 Å². The highest BCUT2D eigenvalue weighted by Gasteiger charge is 2.16. The second-order valence-electron chi connectivity index (χ2n) is 7.81. The van der Waals surface area contributed by atoms with Gasteiger partial charge in [-0.3, -0.25) is 9.59 Å². The highest BCUT2D eigenvalue weighted by Crippen LogP contribution is 2.30. The number of rotatable bonds is 10. The number of halogens is 1. The zero-order valence-corrected chi connectivity index (χ0v) is 20.2. The van der Waals surface area contributed by atoms with E-state index in [9.17, 15) is 14.0 Å². The minimum absolute atomic E-state index is 0.0760. The van der Waals surface area contributed by atoms with Gasteiger partial charge in [0.15, 0.2) is 11.4 Å². The molecular formula is C27H25FN4O5. The molecule has 4 aromatic rings. The lowest BCUT2D eigenvalue weighted by Crippen LogP contribution is -2.27. The van der Waals surface area contributed by atoms with Gasteiger partial charge in [-0.15, -0.1) is 0 Å². The summed E-state index contributed by atoms with van der Waals surface area (Å²) in [5.41, 5.74) is 0.788. The third-order valence-corrected chi connectivity index (χ3v) is 5.29. The van der Waals surface area contributed by atoms with E-state index in [2.05, 4.69) is 15.7 Å². The molecule has 9 nitrogen and oxygen atoms in total. The van der Waals surface area contributed by atoms with Crippen LogP contribution in [-0.4, -0.2) is 43.1 Å². The number of carbonyl (C=O) groups excluding carboxylic acids is 1. The molecule has 190 valence electrons. The summed E-state index contributed by atoms with van der Waals surface area (Å²) in [6.45, 7) is 0.745. The molecule has 1 amide bonds. The van der Waals surface area contributed by atoms with Crippen LogP contribution >= 0.6 is 0 Å². The Bertz CT molecular complexity index is 1420. The van der Waals surface area contributed by atoms with Crippen LogP contribution in [0.4, 0.5) is 15.8 Å². The molecule has 0 unspecified atom stereocenters. The number of ether oxygens (including phenoxy) is 3. The van der Waals surface area contributed by atoms with Gasteiger partial charge in [0, 0.05) is 24.9 Å². The maximum Gasteiger partial charge on any atom is 0.299 e. The number of benzene rings is 3. The van der Waals surface area contributed by atoms with Crippen LogP contribution in [0.15, 0.2) is 83.8 Å². The summed E-state index contributed by atoms with van der Waals surface area (Å²) in [5.74, 6) is 0.541. The predicted molar refractivity (Wildman–Crippen MR) is 137 cm³/mol. The number of amides is 1. The van der Waals surface area contributed by atoms with Crippen molar-refractivity contribution >= 4 is 17.3 Å². The van der Waals surface area contributed by atoms with Gasteiger partial charge in [-0.05, 0) is 66.7 Å². The molecule has 4 rings (SSSR count). The number of nitrogens with one attached hydrogen (secondary N) is 2. The summed E-state index contributed by atoms with van der Waals surface area (Å²) >= 11 is 0. The van der Waals surface area contributed by atoms with E-state index in [1.807, 2.05) is 0 Å². The van der Waals surface area contributed by atoms with Crippen LogP contribution in [0.2, 0.25) is 0 Å². The number of nitrogens with zero attached hydrogens (tertiary/aromatic N) is 2. The number of hydrogen-bond acceptors (Lipinski definition) is 7. The second-order valence-corrected chi connectivity index (χ2v) is 7.81. The van der Waals surface area contributed by atoms with Gasteiger partial charge in [0.25, 0.3) is 11.5 Å². The van der Waals surface area contributed by atoms with Crippen molar-refractivity contribution in [2.75, 3.05) is 32.7 Å². The molecule has 0 atom stereocenters. The first-order chi connectivity index (χ1) is 18.0. The van der Waals surface area contributed by atoms with E-state index >= 15 is 0 Å². The lowest BCUT2D eigenvalue weighted by Gasteiger charge is -2.15. The molecule has 1 aromatic heterocycles. The number of hydrogen-bond donors (Lipinski definition) is 2. The molecule has 0 spiro atoms. The molecule has 3 aromatic carbocycles. The minimum Gasteiger partial charge on any atom is -0.497 e. The SMILES string of the molecule is COCCNC(=O)c1cccc(Nc2c(Oc3ccc(OC)cc3)cnn(-c3ccc(F)cc3)c2=O)c1. The lowest BCUT2D eigenvalue weighted by atomic mass is 10.2. The number of anilines is 2.